The van der Waals surface area contributed by atoms with E-state index >= 15 is 0 Å². The minimum Gasteiger partial charge on any atom is -0.506 e. The summed E-state index contributed by atoms with van der Waals surface area (Å²) in [6, 6.07) is 17.5. The number of halogens is 1. The first kappa shape index (κ1) is 21.4. The molecular formula is C22H16ClN3O5S. The summed E-state index contributed by atoms with van der Waals surface area (Å²) in [5.41, 5.74) is 0.199. The number of pyridine rings is 1. The molecule has 0 aliphatic heterocycles. The molecule has 4 aromatic rings. The zero-order chi connectivity index (χ0) is 22.9. The lowest BCUT2D eigenvalue weighted by Gasteiger charge is -2.12. The smallest absolute Gasteiger partial charge is 0.261 e. The quantitative estimate of drug-likeness (QED) is 0.329. The van der Waals surface area contributed by atoms with Crippen LogP contribution in [0.25, 0.3) is 10.9 Å². The van der Waals surface area contributed by atoms with Crippen LogP contribution in [0, 0.1) is 0 Å². The Labute approximate surface area is 187 Å². The summed E-state index contributed by atoms with van der Waals surface area (Å²) >= 11 is 5.89. The van der Waals surface area contributed by atoms with Crippen LogP contribution in [0.3, 0.4) is 0 Å². The summed E-state index contributed by atoms with van der Waals surface area (Å²) < 4.78 is 27.9. The zero-order valence-electron chi connectivity index (χ0n) is 16.3. The van der Waals surface area contributed by atoms with Crippen molar-refractivity contribution < 1.29 is 18.3 Å². The summed E-state index contributed by atoms with van der Waals surface area (Å²) in [4.78, 5) is 27.2. The van der Waals surface area contributed by atoms with E-state index in [1.807, 2.05) is 0 Å². The molecule has 1 amide bonds. The van der Waals surface area contributed by atoms with Gasteiger partial charge in [-0.25, -0.2) is 8.42 Å². The highest BCUT2D eigenvalue weighted by molar-refractivity contribution is 7.92. The number of carbonyl (C=O) groups excluding carboxylic acids is 1. The number of aromatic hydroxyl groups is 1. The Bertz CT molecular complexity index is 1520. The first-order valence-corrected chi connectivity index (χ1v) is 11.1. The van der Waals surface area contributed by atoms with Gasteiger partial charge in [-0.3, -0.25) is 14.3 Å². The normalized spacial score (nSPS) is 11.3. The molecule has 162 valence electrons. The Hall–Kier alpha value is -3.82. The second-order valence-corrected chi connectivity index (χ2v) is 8.96. The molecule has 3 aromatic carbocycles. The van der Waals surface area contributed by atoms with Gasteiger partial charge in [0.1, 0.15) is 5.75 Å². The molecule has 0 unspecified atom stereocenters. The lowest BCUT2D eigenvalue weighted by molar-refractivity contribution is 0.102. The van der Waals surface area contributed by atoms with Crippen LogP contribution in [0.1, 0.15) is 10.4 Å². The highest BCUT2D eigenvalue weighted by Gasteiger charge is 2.19. The first-order valence-electron chi connectivity index (χ1n) is 9.28. The molecule has 0 aliphatic rings. The fourth-order valence-electron chi connectivity index (χ4n) is 3.13. The summed E-state index contributed by atoms with van der Waals surface area (Å²) in [5, 5.41) is 13.5. The molecule has 32 heavy (non-hydrogen) atoms. The first-order chi connectivity index (χ1) is 15.2. The Morgan fingerprint density at radius 1 is 0.969 bits per heavy atom. The number of sulfonamides is 1. The number of carbonyl (C=O) groups is 1. The van der Waals surface area contributed by atoms with E-state index in [1.54, 1.807) is 36.4 Å². The van der Waals surface area contributed by atoms with Gasteiger partial charge in [0.2, 0.25) is 5.56 Å². The molecule has 0 radical (unpaired) electrons. The van der Waals surface area contributed by atoms with E-state index in [2.05, 4.69) is 15.0 Å². The average Bonchev–Trinajstić information content (AvgIpc) is 2.74. The van der Waals surface area contributed by atoms with Crippen molar-refractivity contribution in [2.75, 3.05) is 10.0 Å². The number of aromatic nitrogens is 1. The van der Waals surface area contributed by atoms with Crippen LogP contribution in [-0.4, -0.2) is 24.4 Å². The molecule has 0 bridgehead atoms. The molecule has 1 heterocycles. The second kappa shape index (κ2) is 8.37. The number of phenols is 1. The number of phenolic OH excluding ortho intramolecular Hbond substituents is 1. The van der Waals surface area contributed by atoms with Crippen molar-refractivity contribution >= 4 is 49.8 Å². The van der Waals surface area contributed by atoms with Crippen molar-refractivity contribution in [3.8, 4) is 5.75 Å². The fraction of sp³-hybridized carbons (Fsp3) is 0. The number of anilines is 2. The number of H-pyrrole nitrogens is 1. The molecular weight excluding hydrogens is 454 g/mol. The Morgan fingerprint density at radius 3 is 2.53 bits per heavy atom. The predicted octanol–water partition coefficient (Wildman–Crippen LogP) is 3.94. The van der Waals surface area contributed by atoms with E-state index in [4.69, 9.17) is 11.6 Å². The second-order valence-electron chi connectivity index (χ2n) is 6.84. The van der Waals surface area contributed by atoms with Crippen molar-refractivity contribution in [1.82, 2.24) is 4.98 Å². The summed E-state index contributed by atoms with van der Waals surface area (Å²) in [6.45, 7) is 0. The number of amides is 1. The topological polar surface area (TPSA) is 128 Å². The van der Waals surface area contributed by atoms with E-state index in [1.165, 1.54) is 18.2 Å². The van der Waals surface area contributed by atoms with Gasteiger partial charge >= 0.3 is 0 Å². The van der Waals surface area contributed by atoms with Crippen LogP contribution in [0.15, 0.2) is 82.5 Å². The lowest BCUT2D eigenvalue weighted by Crippen LogP contribution is -2.18. The Balaban J connectivity index is 1.67. The van der Waals surface area contributed by atoms with Gasteiger partial charge in [0, 0.05) is 22.0 Å². The van der Waals surface area contributed by atoms with Gasteiger partial charge in [-0.1, -0.05) is 35.9 Å². The lowest BCUT2D eigenvalue weighted by atomic mass is 10.1. The van der Waals surface area contributed by atoms with Gasteiger partial charge in [-0.15, -0.1) is 0 Å². The summed E-state index contributed by atoms with van der Waals surface area (Å²) in [6.07, 6.45) is 0. The van der Waals surface area contributed by atoms with Gasteiger partial charge in [-0.05, 0) is 42.5 Å². The largest absolute Gasteiger partial charge is 0.506 e. The molecule has 10 heteroatoms. The SMILES string of the molecule is O=C(Nc1cc(S(=O)(=O)Nc2cccc(Cl)c2)ccc1O)c1cc(=O)[nH]c2ccccc12. The number of hydrogen-bond acceptors (Lipinski definition) is 5. The van der Waals surface area contributed by atoms with Crippen LogP contribution >= 0.6 is 11.6 Å². The summed E-state index contributed by atoms with van der Waals surface area (Å²) in [7, 11) is -4.04. The number of rotatable bonds is 5. The Morgan fingerprint density at radius 2 is 1.75 bits per heavy atom. The minimum atomic E-state index is -4.04. The fourth-order valence-corrected chi connectivity index (χ4v) is 4.40. The molecule has 4 N–H and O–H groups in total. The van der Waals surface area contributed by atoms with E-state index in [-0.39, 0.29) is 27.6 Å². The van der Waals surface area contributed by atoms with Gasteiger partial charge in [0.05, 0.1) is 21.8 Å². The van der Waals surface area contributed by atoms with Gasteiger partial charge in [0.25, 0.3) is 15.9 Å². The van der Waals surface area contributed by atoms with E-state index in [0.717, 1.165) is 18.2 Å². The van der Waals surface area contributed by atoms with Gasteiger partial charge in [0.15, 0.2) is 0 Å². The Kier molecular flexibility index (Phi) is 5.60. The van der Waals surface area contributed by atoms with Crippen LogP contribution < -0.4 is 15.6 Å². The molecule has 0 atom stereocenters. The average molecular weight is 470 g/mol. The number of nitrogens with one attached hydrogen (secondary N) is 3. The number of para-hydroxylation sites is 1. The highest BCUT2D eigenvalue weighted by atomic mass is 35.5. The molecule has 0 saturated carbocycles. The summed E-state index contributed by atoms with van der Waals surface area (Å²) in [5.74, 6) is -1.02. The van der Waals surface area contributed by atoms with Crippen LogP contribution in [-0.2, 0) is 10.0 Å². The monoisotopic (exact) mass is 469 g/mol. The van der Waals surface area contributed by atoms with Crippen molar-refractivity contribution in [1.29, 1.82) is 0 Å². The molecule has 8 nitrogen and oxygen atoms in total. The molecule has 4 rings (SSSR count). The number of benzene rings is 3. The molecule has 1 aromatic heterocycles. The molecule has 0 saturated heterocycles. The van der Waals surface area contributed by atoms with Gasteiger partial charge in [-0.2, -0.15) is 0 Å². The number of hydrogen-bond donors (Lipinski definition) is 4. The highest BCUT2D eigenvalue weighted by Crippen LogP contribution is 2.29. The van der Waals surface area contributed by atoms with Crippen molar-refractivity contribution in [2.45, 2.75) is 4.90 Å². The third-order valence-corrected chi connectivity index (χ3v) is 6.21. The number of fused-ring (bicyclic) bond motifs is 1. The molecule has 0 aliphatic carbocycles. The van der Waals surface area contributed by atoms with Gasteiger partial charge < -0.3 is 15.4 Å². The zero-order valence-corrected chi connectivity index (χ0v) is 17.9. The number of aromatic amines is 1. The van der Waals surface area contributed by atoms with Crippen molar-refractivity contribution in [3.05, 3.63) is 93.7 Å². The van der Waals surface area contributed by atoms with Crippen LogP contribution in [0.2, 0.25) is 5.02 Å². The van der Waals surface area contributed by atoms with Crippen molar-refractivity contribution in [3.63, 3.8) is 0 Å². The molecule has 0 spiro atoms. The maximum Gasteiger partial charge on any atom is 0.261 e. The minimum absolute atomic E-state index is 0.0778. The standard InChI is InChI=1S/C22H16ClN3O5S/c23-13-4-3-5-14(10-13)26-32(30,31)15-8-9-20(27)19(11-15)25-22(29)17-12-21(28)24-18-7-2-1-6-16(17)18/h1-12,26-27H,(H,24,28)(H,25,29). The van der Waals surface area contributed by atoms with Crippen LogP contribution in [0.4, 0.5) is 11.4 Å². The third-order valence-electron chi connectivity index (χ3n) is 4.60. The maximum atomic E-state index is 12.9. The van der Waals surface area contributed by atoms with Crippen LogP contribution in [0.5, 0.6) is 5.75 Å². The van der Waals surface area contributed by atoms with Crippen molar-refractivity contribution in [2.24, 2.45) is 0 Å². The van der Waals surface area contributed by atoms with E-state index in [0.29, 0.717) is 15.9 Å². The molecule has 0 fully saturated rings. The third kappa shape index (κ3) is 4.43. The maximum absolute atomic E-state index is 12.9. The van der Waals surface area contributed by atoms with E-state index in [9.17, 15) is 23.1 Å². The van der Waals surface area contributed by atoms with E-state index < -0.39 is 21.5 Å². The predicted molar refractivity (Wildman–Crippen MR) is 123 cm³/mol.